The van der Waals surface area contributed by atoms with E-state index in [-0.39, 0.29) is 11.9 Å². The third-order valence-electron chi connectivity index (χ3n) is 2.85. The van der Waals surface area contributed by atoms with Crippen molar-refractivity contribution >= 4 is 5.78 Å². The van der Waals surface area contributed by atoms with Gasteiger partial charge in [-0.1, -0.05) is 31.2 Å². The predicted octanol–water partition coefficient (Wildman–Crippen LogP) is 1.94. The van der Waals surface area contributed by atoms with Crippen molar-refractivity contribution in [2.45, 2.75) is 19.4 Å². The van der Waals surface area contributed by atoms with E-state index in [1.54, 1.807) is 0 Å². The quantitative estimate of drug-likeness (QED) is 0.789. The topological polar surface area (TPSA) is 38.3 Å². The van der Waals surface area contributed by atoms with Crippen LogP contribution in [0.5, 0.6) is 0 Å². The molecule has 0 amide bonds. The highest BCUT2D eigenvalue weighted by Gasteiger charge is 2.15. The Hall–Kier alpha value is -1.19. The minimum Gasteiger partial charge on any atom is -0.371 e. The first-order valence-electron chi connectivity index (χ1n) is 5.76. The smallest absolute Gasteiger partial charge is 0.162 e. The SMILES string of the molecule is CCC(=O)c1ccc(C2CNCCO2)cc1. The number of ketones is 1. The molecule has 0 bridgehead atoms. The molecule has 1 aliphatic heterocycles. The highest BCUT2D eigenvalue weighted by Crippen LogP contribution is 2.19. The van der Waals surface area contributed by atoms with Crippen LogP contribution in [0, 0.1) is 0 Å². The van der Waals surface area contributed by atoms with Crippen LogP contribution >= 0.6 is 0 Å². The largest absolute Gasteiger partial charge is 0.371 e. The molecule has 0 radical (unpaired) electrons. The van der Waals surface area contributed by atoms with Crippen LogP contribution in [0.25, 0.3) is 0 Å². The first-order chi connectivity index (χ1) is 7.81. The number of Topliss-reactive ketones (excluding diaryl/α,β-unsaturated/α-hetero) is 1. The van der Waals surface area contributed by atoms with E-state index in [1.165, 1.54) is 0 Å². The van der Waals surface area contributed by atoms with Gasteiger partial charge in [0.15, 0.2) is 5.78 Å². The molecular formula is C13H17NO2. The minimum absolute atomic E-state index is 0.125. The number of hydrogen-bond donors (Lipinski definition) is 1. The van der Waals surface area contributed by atoms with Crippen molar-refractivity contribution in [3.63, 3.8) is 0 Å². The lowest BCUT2D eigenvalue weighted by molar-refractivity contribution is 0.0277. The van der Waals surface area contributed by atoms with Crippen LogP contribution in [0.4, 0.5) is 0 Å². The third kappa shape index (κ3) is 2.49. The van der Waals surface area contributed by atoms with E-state index in [9.17, 15) is 4.79 Å². The van der Waals surface area contributed by atoms with Crippen LogP contribution in [-0.4, -0.2) is 25.5 Å². The Kier molecular flexibility index (Phi) is 3.70. The molecule has 2 rings (SSSR count). The normalized spacial score (nSPS) is 20.7. The molecule has 1 aromatic carbocycles. The number of hydrogen-bond acceptors (Lipinski definition) is 3. The van der Waals surface area contributed by atoms with Crippen LogP contribution in [0.2, 0.25) is 0 Å². The number of carbonyl (C=O) groups is 1. The summed E-state index contributed by atoms with van der Waals surface area (Å²) in [5.74, 6) is 0.189. The van der Waals surface area contributed by atoms with Gasteiger partial charge in [0, 0.05) is 25.1 Å². The van der Waals surface area contributed by atoms with E-state index < -0.39 is 0 Å². The summed E-state index contributed by atoms with van der Waals surface area (Å²) in [4.78, 5) is 11.5. The van der Waals surface area contributed by atoms with E-state index in [4.69, 9.17) is 4.74 Å². The molecule has 1 aliphatic rings. The summed E-state index contributed by atoms with van der Waals surface area (Å²) in [5, 5.41) is 3.29. The fourth-order valence-corrected chi connectivity index (χ4v) is 1.87. The first kappa shape index (κ1) is 11.3. The van der Waals surface area contributed by atoms with Gasteiger partial charge in [-0.05, 0) is 5.56 Å². The fourth-order valence-electron chi connectivity index (χ4n) is 1.87. The molecule has 1 heterocycles. The summed E-state index contributed by atoms with van der Waals surface area (Å²) >= 11 is 0. The van der Waals surface area contributed by atoms with E-state index >= 15 is 0 Å². The van der Waals surface area contributed by atoms with Crippen LogP contribution < -0.4 is 5.32 Å². The number of nitrogens with one attached hydrogen (secondary N) is 1. The van der Waals surface area contributed by atoms with Gasteiger partial charge >= 0.3 is 0 Å². The number of carbonyl (C=O) groups excluding carboxylic acids is 1. The molecule has 1 unspecified atom stereocenters. The Morgan fingerprint density at radius 3 is 2.75 bits per heavy atom. The van der Waals surface area contributed by atoms with Gasteiger partial charge in [0.2, 0.25) is 0 Å². The Balaban J connectivity index is 2.09. The van der Waals surface area contributed by atoms with Gasteiger partial charge in [0.05, 0.1) is 12.7 Å². The number of ether oxygens (including phenoxy) is 1. The number of rotatable bonds is 3. The molecule has 1 fully saturated rings. The molecule has 0 spiro atoms. The van der Waals surface area contributed by atoms with Crippen molar-refractivity contribution in [2.24, 2.45) is 0 Å². The first-order valence-corrected chi connectivity index (χ1v) is 5.76. The lowest BCUT2D eigenvalue weighted by Crippen LogP contribution is -2.33. The Bertz CT molecular complexity index is 353. The predicted molar refractivity (Wildman–Crippen MR) is 62.6 cm³/mol. The van der Waals surface area contributed by atoms with E-state index in [0.29, 0.717) is 6.42 Å². The average molecular weight is 219 g/mol. The van der Waals surface area contributed by atoms with Crippen LogP contribution in [0.3, 0.4) is 0 Å². The molecule has 86 valence electrons. The maximum absolute atomic E-state index is 11.5. The summed E-state index contributed by atoms with van der Waals surface area (Å²) < 4.78 is 5.64. The molecule has 1 N–H and O–H groups in total. The van der Waals surface area contributed by atoms with Crippen molar-refractivity contribution in [3.8, 4) is 0 Å². The summed E-state index contributed by atoms with van der Waals surface area (Å²) in [6, 6.07) is 7.75. The Morgan fingerprint density at radius 2 is 2.19 bits per heavy atom. The second-order valence-electron chi connectivity index (χ2n) is 3.96. The maximum Gasteiger partial charge on any atom is 0.162 e. The van der Waals surface area contributed by atoms with Crippen LogP contribution in [0.15, 0.2) is 24.3 Å². The Labute approximate surface area is 95.8 Å². The Morgan fingerprint density at radius 1 is 1.44 bits per heavy atom. The molecule has 3 nitrogen and oxygen atoms in total. The maximum atomic E-state index is 11.5. The zero-order chi connectivity index (χ0) is 11.4. The van der Waals surface area contributed by atoms with Gasteiger partial charge in [0.25, 0.3) is 0 Å². The van der Waals surface area contributed by atoms with Gasteiger partial charge in [-0.25, -0.2) is 0 Å². The van der Waals surface area contributed by atoms with Crippen molar-refractivity contribution in [1.29, 1.82) is 0 Å². The van der Waals surface area contributed by atoms with Gasteiger partial charge in [-0.3, -0.25) is 4.79 Å². The second kappa shape index (κ2) is 5.23. The average Bonchev–Trinajstić information content (AvgIpc) is 2.39. The van der Waals surface area contributed by atoms with Crippen molar-refractivity contribution < 1.29 is 9.53 Å². The molecular weight excluding hydrogens is 202 g/mol. The minimum atomic E-state index is 0.125. The monoisotopic (exact) mass is 219 g/mol. The van der Waals surface area contributed by atoms with Crippen LogP contribution in [-0.2, 0) is 4.74 Å². The van der Waals surface area contributed by atoms with Gasteiger partial charge in [-0.15, -0.1) is 0 Å². The molecule has 0 aromatic heterocycles. The van der Waals surface area contributed by atoms with Crippen LogP contribution in [0.1, 0.15) is 35.4 Å². The molecule has 1 aromatic rings. The summed E-state index contributed by atoms with van der Waals surface area (Å²) in [5.41, 5.74) is 1.93. The number of morpholine rings is 1. The molecule has 3 heteroatoms. The summed E-state index contributed by atoms with van der Waals surface area (Å²) in [6.45, 7) is 4.40. The number of benzene rings is 1. The van der Waals surface area contributed by atoms with Gasteiger partial charge in [0.1, 0.15) is 0 Å². The molecule has 16 heavy (non-hydrogen) atoms. The van der Waals surface area contributed by atoms with Crippen molar-refractivity contribution in [3.05, 3.63) is 35.4 Å². The van der Waals surface area contributed by atoms with E-state index in [2.05, 4.69) is 5.32 Å². The van der Waals surface area contributed by atoms with E-state index in [1.807, 2.05) is 31.2 Å². The summed E-state index contributed by atoms with van der Waals surface area (Å²) in [6.07, 6.45) is 0.681. The second-order valence-corrected chi connectivity index (χ2v) is 3.96. The van der Waals surface area contributed by atoms with Crippen molar-refractivity contribution in [2.75, 3.05) is 19.7 Å². The third-order valence-corrected chi connectivity index (χ3v) is 2.85. The zero-order valence-electron chi connectivity index (χ0n) is 9.53. The molecule has 1 saturated heterocycles. The summed E-state index contributed by atoms with van der Waals surface area (Å²) in [7, 11) is 0. The van der Waals surface area contributed by atoms with Gasteiger partial charge < -0.3 is 10.1 Å². The highest BCUT2D eigenvalue weighted by atomic mass is 16.5. The highest BCUT2D eigenvalue weighted by molar-refractivity contribution is 5.95. The van der Waals surface area contributed by atoms with Gasteiger partial charge in [-0.2, -0.15) is 0 Å². The lowest BCUT2D eigenvalue weighted by Gasteiger charge is -2.24. The van der Waals surface area contributed by atoms with Crippen molar-refractivity contribution in [1.82, 2.24) is 5.32 Å². The molecule has 0 aliphatic carbocycles. The fraction of sp³-hybridized carbons (Fsp3) is 0.462. The lowest BCUT2D eigenvalue weighted by atomic mass is 10.0. The molecule has 0 saturated carbocycles. The van der Waals surface area contributed by atoms with E-state index in [0.717, 1.165) is 30.8 Å². The standard InChI is InChI=1S/C13H17NO2/c1-2-12(15)10-3-5-11(6-4-10)13-9-14-7-8-16-13/h3-6,13-14H,2,7-9H2,1H3. The zero-order valence-corrected chi connectivity index (χ0v) is 9.53. The molecule has 1 atom stereocenters.